The Morgan fingerprint density at radius 2 is 0.721 bits per heavy atom. The maximum atomic E-state index is 12.3. The number of carbonyl (C=O) groups is 4. The quantitative estimate of drug-likeness (QED) is 0.0288. The minimum atomic E-state index is -1.12. The predicted octanol–water partition coefficient (Wildman–Crippen LogP) is 8.04. The highest BCUT2D eigenvalue weighted by Crippen LogP contribution is 2.60. The Morgan fingerprint density at radius 1 is 0.410 bits per heavy atom. The highest BCUT2D eigenvalue weighted by Gasteiger charge is 2.49. The fraction of sp³-hybridized carbons (Fsp3) is 0.265. The van der Waals surface area contributed by atoms with Crippen molar-refractivity contribution < 1.29 is 57.1 Å². The molecule has 318 valence electrons. The maximum absolute atomic E-state index is 12.3. The zero-order valence-electron chi connectivity index (χ0n) is 35.0. The van der Waals surface area contributed by atoms with Crippen LogP contribution in [-0.4, -0.2) is 76.7 Å². The van der Waals surface area contributed by atoms with Crippen molar-refractivity contribution in [3.8, 4) is 34.1 Å². The Labute approximate surface area is 356 Å². The van der Waals surface area contributed by atoms with E-state index in [1.165, 1.54) is 0 Å². The SMILES string of the molecule is C=C(C)C(=O)OCCOc1ccc(C2(c3ccc(OCCOC(=O)C(=C)C)cc3OCCOC(=O)C(=C)C)c3ccccc3-c3ccccc32)c(OCCOC(=O)C(=C)C)c1. The number of fused-ring (bicyclic) bond motifs is 3. The van der Waals surface area contributed by atoms with Crippen molar-refractivity contribution in [2.45, 2.75) is 33.1 Å². The topological polar surface area (TPSA) is 142 Å². The van der Waals surface area contributed by atoms with Crippen molar-refractivity contribution in [3.05, 3.63) is 156 Å². The molecule has 0 bridgehead atoms. The van der Waals surface area contributed by atoms with Crippen LogP contribution in [0.15, 0.2) is 134 Å². The molecule has 12 heteroatoms. The lowest BCUT2D eigenvalue weighted by atomic mass is 9.67. The average molecular weight is 831 g/mol. The highest BCUT2D eigenvalue weighted by molar-refractivity contribution is 5.89. The molecule has 0 heterocycles. The molecule has 0 atom stereocenters. The van der Waals surface area contributed by atoms with E-state index in [-0.39, 0.29) is 75.1 Å². The summed E-state index contributed by atoms with van der Waals surface area (Å²) in [5, 5.41) is 0. The van der Waals surface area contributed by atoms with Crippen LogP contribution in [-0.2, 0) is 43.5 Å². The van der Waals surface area contributed by atoms with Gasteiger partial charge >= 0.3 is 23.9 Å². The molecule has 5 rings (SSSR count). The van der Waals surface area contributed by atoms with Gasteiger partial charge in [0.25, 0.3) is 0 Å². The molecule has 12 nitrogen and oxygen atoms in total. The molecule has 0 aliphatic heterocycles. The van der Waals surface area contributed by atoms with Gasteiger partial charge < -0.3 is 37.9 Å². The van der Waals surface area contributed by atoms with E-state index in [4.69, 9.17) is 37.9 Å². The van der Waals surface area contributed by atoms with Crippen molar-refractivity contribution in [2.75, 3.05) is 52.9 Å². The van der Waals surface area contributed by atoms with E-state index in [1.54, 1.807) is 52.0 Å². The molecule has 1 aliphatic rings. The fourth-order valence-electron chi connectivity index (χ4n) is 6.66. The maximum Gasteiger partial charge on any atom is 0.333 e. The van der Waals surface area contributed by atoms with Gasteiger partial charge in [-0.15, -0.1) is 0 Å². The first-order valence-electron chi connectivity index (χ1n) is 19.6. The van der Waals surface area contributed by atoms with Crippen LogP contribution in [0, 0.1) is 0 Å². The van der Waals surface area contributed by atoms with Crippen LogP contribution in [0.25, 0.3) is 11.1 Å². The molecule has 0 saturated carbocycles. The fourth-order valence-corrected chi connectivity index (χ4v) is 6.66. The Morgan fingerprint density at radius 3 is 1.05 bits per heavy atom. The first-order valence-corrected chi connectivity index (χ1v) is 19.6. The van der Waals surface area contributed by atoms with E-state index in [0.29, 0.717) is 34.1 Å². The summed E-state index contributed by atoms with van der Waals surface area (Å²) in [5.74, 6) is -0.508. The molecule has 61 heavy (non-hydrogen) atoms. The number of rotatable bonds is 22. The van der Waals surface area contributed by atoms with E-state index in [1.807, 2.05) is 48.5 Å². The minimum absolute atomic E-state index is 0.0156. The lowest BCUT2D eigenvalue weighted by Gasteiger charge is -2.36. The second-order valence-electron chi connectivity index (χ2n) is 14.2. The summed E-state index contributed by atoms with van der Waals surface area (Å²) in [6, 6.07) is 27.0. The largest absolute Gasteiger partial charge is 0.490 e. The van der Waals surface area contributed by atoms with E-state index in [9.17, 15) is 19.2 Å². The average Bonchev–Trinajstić information content (AvgIpc) is 3.54. The van der Waals surface area contributed by atoms with Gasteiger partial charge in [-0.25, -0.2) is 19.2 Å². The summed E-state index contributed by atoms with van der Waals surface area (Å²) in [6.07, 6.45) is 0. The molecule has 0 radical (unpaired) electrons. The number of hydrogen-bond donors (Lipinski definition) is 0. The van der Waals surface area contributed by atoms with Crippen LogP contribution in [0.3, 0.4) is 0 Å². The summed E-state index contributed by atoms with van der Waals surface area (Å²) in [6.45, 7) is 20.7. The molecule has 0 fully saturated rings. The van der Waals surface area contributed by atoms with Gasteiger partial charge in [0, 0.05) is 45.6 Å². The zero-order chi connectivity index (χ0) is 44.1. The number of carbonyl (C=O) groups excluding carboxylic acids is 4. The second kappa shape index (κ2) is 20.7. The third kappa shape index (κ3) is 10.8. The summed E-state index contributed by atoms with van der Waals surface area (Å²) >= 11 is 0. The summed E-state index contributed by atoms with van der Waals surface area (Å²) < 4.78 is 46.4. The lowest BCUT2D eigenvalue weighted by Crippen LogP contribution is -2.30. The normalized spacial score (nSPS) is 11.8. The Hall–Kier alpha value is -7.08. The molecule has 4 aromatic carbocycles. The molecule has 0 amide bonds. The summed E-state index contributed by atoms with van der Waals surface area (Å²) in [7, 11) is 0. The van der Waals surface area contributed by atoms with Gasteiger partial charge in [-0.3, -0.25) is 0 Å². The van der Waals surface area contributed by atoms with Crippen molar-refractivity contribution in [1.82, 2.24) is 0 Å². The third-order valence-corrected chi connectivity index (χ3v) is 9.38. The van der Waals surface area contributed by atoms with Gasteiger partial charge in [-0.05, 0) is 62.1 Å². The number of ether oxygens (including phenoxy) is 8. The van der Waals surface area contributed by atoms with E-state index < -0.39 is 29.3 Å². The standard InChI is InChI=1S/C49H50O12/c1-31(2)45(50)58-25-21-54-35-17-19-41(43(29-35)56-23-27-60-47(52)33(5)6)49(39-15-11-9-13-37(39)38-14-10-12-16-40(38)49)42-20-18-36(55-22-26-59-46(51)32(3)4)30-44(42)57-24-28-61-48(53)34(7)8/h9-20,29-30H,1,3,5,7,21-28H2,2,4,6,8H3. The van der Waals surface area contributed by atoms with Gasteiger partial charge in [0.15, 0.2) is 0 Å². The van der Waals surface area contributed by atoms with Crippen molar-refractivity contribution in [3.63, 3.8) is 0 Å². The van der Waals surface area contributed by atoms with Crippen molar-refractivity contribution in [2.24, 2.45) is 0 Å². The van der Waals surface area contributed by atoms with Crippen LogP contribution in [0.4, 0.5) is 0 Å². The number of benzene rings is 4. The molecule has 0 unspecified atom stereocenters. The Balaban J connectivity index is 1.66. The van der Waals surface area contributed by atoms with Crippen LogP contribution in [0.2, 0.25) is 0 Å². The van der Waals surface area contributed by atoms with E-state index >= 15 is 0 Å². The Bertz CT molecular complexity index is 2170. The molecule has 1 aliphatic carbocycles. The smallest absolute Gasteiger partial charge is 0.333 e. The molecule has 0 spiro atoms. The molecule has 0 aromatic heterocycles. The molecular formula is C49H50O12. The first-order chi connectivity index (χ1) is 29.2. The number of hydrogen-bond acceptors (Lipinski definition) is 12. The van der Waals surface area contributed by atoms with Gasteiger partial charge in [0.2, 0.25) is 0 Å². The predicted molar refractivity (Wildman–Crippen MR) is 229 cm³/mol. The molecule has 0 N–H and O–H groups in total. The van der Waals surface area contributed by atoms with Gasteiger partial charge in [-0.2, -0.15) is 0 Å². The number of esters is 4. The lowest BCUT2D eigenvalue weighted by molar-refractivity contribution is -0.140. The van der Waals surface area contributed by atoms with Crippen molar-refractivity contribution >= 4 is 23.9 Å². The van der Waals surface area contributed by atoms with Crippen LogP contribution in [0.1, 0.15) is 49.9 Å². The van der Waals surface area contributed by atoms with Gasteiger partial charge in [0.05, 0.1) is 5.41 Å². The Kier molecular flexibility index (Phi) is 15.3. The first kappa shape index (κ1) is 45.0. The van der Waals surface area contributed by atoms with E-state index in [0.717, 1.165) is 22.3 Å². The van der Waals surface area contributed by atoms with Gasteiger partial charge in [0.1, 0.15) is 75.9 Å². The minimum Gasteiger partial charge on any atom is -0.490 e. The molecule has 4 aromatic rings. The molecular weight excluding hydrogens is 781 g/mol. The summed E-state index contributed by atoms with van der Waals surface area (Å²) in [5.41, 5.74) is 5.08. The van der Waals surface area contributed by atoms with Crippen molar-refractivity contribution in [1.29, 1.82) is 0 Å². The summed E-state index contributed by atoms with van der Waals surface area (Å²) in [4.78, 5) is 48.6. The zero-order valence-corrected chi connectivity index (χ0v) is 35.0. The third-order valence-electron chi connectivity index (χ3n) is 9.38. The van der Waals surface area contributed by atoms with Crippen LogP contribution in [0.5, 0.6) is 23.0 Å². The van der Waals surface area contributed by atoms with Gasteiger partial charge in [-0.1, -0.05) is 87.0 Å². The second-order valence-corrected chi connectivity index (χ2v) is 14.2. The van der Waals surface area contributed by atoms with Crippen LogP contribution >= 0.6 is 0 Å². The van der Waals surface area contributed by atoms with E-state index in [2.05, 4.69) is 38.4 Å². The van der Waals surface area contributed by atoms with Crippen LogP contribution < -0.4 is 18.9 Å². The monoisotopic (exact) mass is 830 g/mol. The highest BCUT2D eigenvalue weighted by atomic mass is 16.6. The molecule has 0 saturated heterocycles.